The minimum atomic E-state index is -4.70. The standard InChI is InChI=1S/C23H21F3N2O6/c1-13-19(21(29)32-10-9-31-2)20(15-5-3-4-6-16(15)23(24,25)26)27-22(30)28(13)14-7-8-17-18(11-14)34-12-33-17/h3-8,11,20H,9-10,12H2,1-2H3,(H,27,30)/t20-/m1/s1. The molecule has 34 heavy (non-hydrogen) atoms. The number of benzene rings is 2. The molecule has 2 aromatic rings. The summed E-state index contributed by atoms with van der Waals surface area (Å²) in [5, 5.41) is 2.54. The van der Waals surface area contributed by atoms with Gasteiger partial charge < -0.3 is 24.3 Å². The van der Waals surface area contributed by atoms with Gasteiger partial charge in [0.1, 0.15) is 6.61 Å². The predicted molar refractivity (Wildman–Crippen MR) is 113 cm³/mol. The van der Waals surface area contributed by atoms with Crippen molar-refractivity contribution in [2.75, 3.05) is 32.0 Å². The van der Waals surface area contributed by atoms with Gasteiger partial charge in [-0.2, -0.15) is 13.2 Å². The molecule has 0 bridgehead atoms. The third kappa shape index (κ3) is 4.38. The molecule has 2 amide bonds. The number of ether oxygens (including phenoxy) is 4. The average molecular weight is 478 g/mol. The van der Waals surface area contributed by atoms with Gasteiger partial charge in [0.15, 0.2) is 11.5 Å². The normalized spacial score (nSPS) is 17.6. The van der Waals surface area contributed by atoms with Gasteiger partial charge in [-0.15, -0.1) is 0 Å². The van der Waals surface area contributed by atoms with Crippen LogP contribution in [0.3, 0.4) is 0 Å². The number of rotatable bonds is 6. The molecule has 2 aliphatic rings. The zero-order valence-corrected chi connectivity index (χ0v) is 18.3. The Labute approximate surface area is 192 Å². The monoisotopic (exact) mass is 478 g/mol. The number of amides is 2. The van der Waals surface area contributed by atoms with Gasteiger partial charge in [-0.05, 0) is 30.7 Å². The van der Waals surface area contributed by atoms with Gasteiger partial charge in [-0.1, -0.05) is 18.2 Å². The SMILES string of the molecule is COCCOC(=O)C1=C(C)N(c2ccc3c(c2)OCO3)C(=O)N[C@@H]1c1ccccc1C(F)(F)F. The van der Waals surface area contributed by atoms with E-state index in [0.29, 0.717) is 17.2 Å². The maximum absolute atomic E-state index is 13.7. The van der Waals surface area contributed by atoms with Gasteiger partial charge in [0, 0.05) is 18.9 Å². The largest absolute Gasteiger partial charge is 0.460 e. The summed E-state index contributed by atoms with van der Waals surface area (Å²) in [7, 11) is 1.42. The van der Waals surface area contributed by atoms with E-state index in [1.165, 1.54) is 37.1 Å². The van der Waals surface area contributed by atoms with Gasteiger partial charge in [0.05, 0.1) is 29.5 Å². The van der Waals surface area contributed by atoms with Crippen LogP contribution in [0.2, 0.25) is 0 Å². The summed E-state index contributed by atoms with van der Waals surface area (Å²) >= 11 is 0. The highest BCUT2D eigenvalue weighted by Gasteiger charge is 2.42. The molecule has 8 nitrogen and oxygen atoms in total. The number of allylic oxidation sites excluding steroid dienone is 1. The summed E-state index contributed by atoms with van der Waals surface area (Å²) in [6.45, 7) is 1.48. The van der Waals surface area contributed by atoms with Crippen LogP contribution in [0, 0.1) is 0 Å². The summed E-state index contributed by atoms with van der Waals surface area (Å²) in [4.78, 5) is 27.4. The van der Waals surface area contributed by atoms with Crippen LogP contribution in [-0.4, -0.2) is 39.1 Å². The van der Waals surface area contributed by atoms with E-state index >= 15 is 0 Å². The number of urea groups is 1. The minimum absolute atomic E-state index is 0.0210. The number of carbonyl (C=O) groups excluding carboxylic acids is 2. The smallest absolute Gasteiger partial charge is 0.416 e. The molecule has 2 aromatic carbocycles. The van der Waals surface area contributed by atoms with Crippen molar-refractivity contribution in [3.8, 4) is 11.5 Å². The molecule has 1 N–H and O–H groups in total. The van der Waals surface area contributed by atoms with Gasteiger partial charge in [0.2, 0.25) is 6.79 Å². The number of fused-ring (bicyclic) bond motifs is 1. The number of nitrogens with zero attached hydrogens (tertiary/aromatic N) is 1. The van der Waals surface area contributed by atoms with Crippen molar-refractivity contribution in [1.82, 2.24) is 5.32 Å². The van der Waals surface area contributed by atoms with Crippen LogP contribution >= 0.6 is 0 Å². The lowest BCUT2D eigenvalue weighted by molar-refractivity contribution is -0.142. The maximum Gasteiger partial charge on any atom is 0.416 e. The molecule has 0 unspecified atom stereocenters. The van der Waals surface area contributed by atoms with Crippen LogP contribution in [-0.2, 0) is 20.4 Å². The third-order valence-corrected chi connectivity index (χ3v) is 5.42. The van der Waals surface area contributed by atoms with Gasteiger partial charge in [0.25, 0.3) is 0 Å². The van der Waals surface area contributed by atoms with Gasteiger partial charge in [-0.25, -0.2) is 9.59 Å². The van der Waals surface area contributed by atoms with Crippen LogP contribution in [0.25, 0.3) is 0 Å². The summed E-state index contributed by atoms with van der Waals surface area (Å²) in [6.07, 6.45) is -4.70. The number of hydrogen-bond acceptors (Lipinski definition) is 6. The van der Waals surface area contributed by atoms with E-state index in [4.69, 9.17) is 18.9 Å². The number of carbonyl (C=O) groups is 2. The summed E-state index contributed by atoms with van der Waals surface area (Å²) in [6, 6.07) is 7.39. The van der Waals surface area contributed by atoms with Crippen LogP contribution in [0.5, 0.6) is 11.5 Å². The molecule has 2 heterocycles. The number of anilines is 1. The second-order valence-electron chi connectivity index (χ2n) is 7.47. The zero-order chi connectivity index (χ0) is 24.5. The maximum atomic E-state index is 13.7. The summed E-state index contributed by atoms with van der Waals surface area (Å²) in [5.41, 5.74) is -0.917. The molecule has 0 fully saturated rings. The Bertz CT molecular complexity index is 1150. The van der Waals surface area contributed by atoms with Crippen molar-refractivity contribution in [2.24, 2.45) is 0 Å². The van der Waals surface area contributed by atoms with Crippen molar-refractivity contribution < 1.29 is 41.7 Å². The number of alkyl halides is 3. The highest BCUT2D eigenvalue weighted by Crippen LogP contribution is 2.42. The fraction of sp³-hybridized carbons (Fsp3) is 0.304. The van der Waals surface area contributed by atoms with E-state index in [0.717, 1.165) is 6.07 Å². The van der Waals surface area contributed by atoms with Crippen molar-refractivity contribution in [3.05, 3.63) is 64.9 Å². The number of halogens is 3. The van der Waals surface area contributed by atoms with E-state index < -0.39 is 29.8 Å². The van der Waals surface area contributed by atoms with Crippen molar-refractivity contribution in [2.45, 2.75) is 19.1 Å². The second-order valence-corrected chi connectivity index (χ2v) is 7.47. The fourth-order valence-electron chi connectivity index (χ4n) is 3.88. The Morgan fingerprint density at radius 3 is 2.62 bits per heavy atom. The predicted octanol–water partition coefficient (Wildman–Crippen LogP) is 4.17. The van der Waals surface area contributed by atoms with Crippen molar-refractivity contribution in [3.63, 3.8) is 0 Å². The van der Waals surface area contributed by atoms with E-state index in [1.807, 2.05) is 0 Å². The highest BCUT2D eigenvalue weighted by molar-refractivity contribution is 6.03. The van der Waals surface area contributed by atoms with Crippen LogP contribution in [0.15, 0.2) is 53.7 Å². The first-order chi connectivity index (χ1) is 16.2. The topological polar surface area (TPSA) is 86.3 Å². The lowest BCUT2D eigenvalue weighted by Gasteiger charge is -2.36. The van der Waals surface area contributed by atoms with E-state index in [2.05, 4.69) is 5.32 Å². The molecular weight excluding hydrogens is 457 g/mol. The molecule has 180 valence electrons. The Morgan fingerprint density at radius 1 is 1.15 bits per heavy atom. The summed E-state index contributed by atoms with van der Waals surface area (Å²) < 4.78 is 62.0. The molecule has 0 aliphatic carbocycles. The van der Waals surface area contributed by atoms with Gasteiger partial charge in [-0.3, -0.25) is 4.90 Å². The first-order valence-corrected chi connectivity index (χ1v) is 10.3. The molecule has 0 aromatic heterocycles. The van der Waals surface area contributed by atoms with Crippen molar-refractivity contribution in [1.29, 1.82) is 0 Å². The molecule has 4 rings (SSSR count). The van der Waals surface area contributed by atoms with Crippen LogP contribution in [0.4, 0.5) is 23.7 Å². The third-order valence-electron chi connectivity index (χ3n) is 5.42. The quantitative estimate of drug-likeness (QED) is 0.496. The first-order valence-electron chi connectivity index (χ1n) is 10.3. The zero-order valence-electron chi connectivity index (χ0n) is 18.3. The number of hydrogen-bond donors (Lipinski definition) is 1. The molecule has 11 heteroatoms. The van der Waals surface area contributed by atoms with Crippen molar-refractivity contribution >= 4 is 17.7 Å². The van der Waals surface area contributed by atoms with Crippen LogP contribution in [0.1, 0.15) is 24.1 Å². The summed E-state index contributed by atoms with van der Waals surface area (Å²) in [5.74, 6) is 0.00751. The molecular formula is C23H21F3N2O6. The molecule has 0 saturated heterocycles. The Hall–Kier alpha value is -3.73. The first kappa shape index (κ1) is 23.4. The lowest BCUT2D eigenvalue weighted by Crippen LogP contribution is -2.48. The fourth-order valence-corrected chi connectivity index (χ4v) is 3.88. The molecule has 0 radical (unpaired) electrons. The average Bonchev–Trinajstić information content (AvgIpc) is 3.26. The number of esters is 1. The molecule has 1 atom stereocenters. The second kappa shape index (κ2) is 9.26. The van der Waals surface area contributed by atoms with E-state index in [-0.39, 0.29) is 36.8 Å². The Morgan fingerprint density at radius 2 is 1.88 bits per heavy atom. The van der Waals surface area contributed by atoms with E-state index in [1.54, 1.807) is 18.2 Å². The molecule has 2 aliphatic heterocycles. The lowest BCUT2D eigenvalue weighted by atomic mass is 9.91. The molecule has 0 saturated carbocycles. The highest BCUT2D eigenvalue weighted by atomic mass is 19.4. The minimum Gasteiger partial charge on any atom is -0.460 e. The number of methoxy groups -OCH3 is 1. The molecule has 0 spiro atoms. The Balaban J connectivity index is 1.82. The van der Waals surface area contributed by atoms with E-state index in [9.17, 15) is 22.8 Å². The number of nitrogens with one attached hydrogen (secondary N) is 1. The van der Waals surface area contributed by atoms with Gasteiger partial charge >= 0.3 is 18.2 Å². The van der Waals surface area contributed by atoms with Crippen LogP contribution < -0.4 is 19.7 Å². The Kier molecular flexibility index (Phi) is 6.38.